The van der Waals surface area contributed by atoms with Crippen LogP contribution in [0.4, 0.5) is 5.69 Å². The van der Waals surface area contributed by atoms with Gasteiger partial charge in [-0.15, -0.1) is 0 Å². The van der Waals surface area contributed by atoms with Gasteiger partial charge in [0, 0.05) is 30.8 Å². The minimum Gasteiger partial charge on any atom is -0.393 e. The normalized spacial score (nSPS) is 26.7. The van der Waals surface area contributed by atoms with E-state index in [0.717, 1.165) is 79.5 Å². The maximum absolute atomic E-state index is 9.83. The van der Waals surface area contributed by atoms with E-state index in [9.17, 15) is 5.11 Å². The van der Waals surface area contributed by atoms with E-state index in [1.807, 2.05) is 17.1 Å². The molecule has 144 valence electrons. The molecule has 27 heavy (non-hydrogen) atoms. The zero-order valence-electron chi connectivity index (χ0n) is 15.8. The van der Waals surface area contributed by atoms with Crippen molar-refractivity contribution in [1.82, 2.24) is 14.8 Å². The molecule has 1 aliphatic heterocycles. The van der Waals surface area contributed by atoms with Gasteiger partial charge in [0.25, 0.3) is 0 Å². The Labute approximate surface area is 158 Å². The number of oxime groups is 1. The molecule has 0 bridgehead atoms. The lowest BCUT2D eigenvalue weighted by molar-refractivity contribution is -0.0755. The molecule has 2 saturated carbocycles. The average molecular weight is 369 g/mol. The van der Waals surface area contributed by atoms with Gasteiger partial charge in [-0.25, -0.2) is 9.67 Å². The Balaban J connectivity index is 1.52. The number of fused-ring (bicyclic) bond motifs is 1. The second-order valence-electron chi connectivity index (χ2n) is 8.24. The minimum atomic E-state index is -0.158. The van der Waals surface area contributed by atoms with Gasteiger partial charge in [0.15, 0.2) is 5.65 Å². The molecule has 0 radical (unpaired) electrons. The smallest absolute Gasteiger partial charge is 0.159 e. The highest BCUT2D eigenvalue weighted by Crippen LogP contribution is 2.44. The summed E-state index contributed by atoms with van der Waals surface area (Å²) in [6.45, 7) is 2.87. The van der Waals surface area contributed by atoms with E-state index in [1.165, 1.54) is 6.42 Å². The van der Waals surface area contributed by atoms with Gasteiger partial charge in [0.05, 0.1) is 29.1 Å². The number of aliphatic hydroxyl groups excluding tert-OH is 1. The van der Waals surface area contributed by atoms with Gasteiger partial charge in [-0.3, -0.25) is 0 Å². The first-order valence-corrected chi connectivity index (χ1v) is 10.2. The van der Waals surface area contributed by atoms with Gasteiger partial charge in [-0.05, 0) is 51.9 Å². The monoisotopic (exact) mass is 369 g/mol. The Morgan fingerprint density at radius 3 is 2.74 bits per heavy atom. The van der Waals surface area contributed by atoms with E-state index >= 15 is 0 Å². The molecule has 7 nitrogen and oxygen atoms in total. The van der Waals surface area contributed by atoms with Gasteiger partial charge < -0.3 is 15.3 Å². The molecular formula is C20H27N5O2. The third kappa shape index (κ3) is 2.88. The van der Waals surface area contributed by atoms with Crippen molar-refractivity contribution in [3.05, 3.63) is 18.0 Å². The molecule has 2 aliphatic carbocycles. The lowest BCUT2D eigenvalue weighted by Crippen LogP contribution is -2.37. The van der Waals surface area contributed by atoms with E-state index in [1.54, 1.807) is 0 Å². The van der Waals surface area contributed by atoms with E-state index < -0.39 is 0 Å². The van der Waals surface area contributed by atoms with Gasteiger partial charge in [-0.1, -0.05) is 5.16 Å². The van der Waals surface area contributed by atoms with Gasteiger partial charge >= 0.3 is 0 Å². The summed E-state index contributed by atoms with van der Waals surface area (Å²) < 4.78 is 1.93. The molecule has 7 heteroatoms. The molecule has 0 unspecified atom stereocenters. The Bertz CT molecular complexity index is 878. The number of aromatic nitrogens is 3. The number of nitrogens with zero attached hydrogens (tertiary/aromatic N) is 4. The maximum Gasteiger partial charge on any atom is 0.159 e. The van der Waals surface area contributed by atoms with Crippen molar-refractivity contribution in [3.8, 4) is 0 Å². The van der Waals surface area contributed by atoms with Crippen LogP contribution in [0.25, 0.3) is 11.0 Å². The van der Waals surface area contributed by atoms with Crippen LogP contribution in [0.2, 0.25) is 0 Å². The predicted octanol–water partition coefficient (Wildman–Crippen LogP) is 3.21. The number of pyridine rings is 1. The van der Waals surface area contributed by atoms with Crippen molar-refractivity contribution in [1.29, 1.82) is 0 Å². The molecule has 0 saturated heterocycles. The molecule has 0 aromatic carbocycles. The lowest BCUT2D eigenvalue weighted by atomic mass is 9.76. The van der Waals surface area contributed by atoms with Crippen LogP contribution < -0.4 is 5.32 Å². The summed E-state index contributed by atoms with van der Waals surface area (Å²) in [7, 11) is 0. The zero-order valence-corrected chi connectivity index (χ0v) is 15.8. The van der Waals surface area contributed by atoms with E-state index in [2.05, 4.69) is 22.5 Å². The summed E-state index contributed by atoms with van der Waals surface area (Å²) in [6.07, 6.45) is 11.6. The molecule has 5 rings (SSSR count). The third-order valence-electron chi connectivity index (χ3n) is 6.43. The summed E-state index contributed by atoms with van der Waals surface area (Å²) in [4.78, 5) is 10.5. The molecule has 2 aromatic heterocycles. The van der Waals surface area contributed by atoms with Gasteiger partial charge in [0.1, 0.15) is 5.60 Å². The molecule has 2 fully saturated rings. The van der Waals surface area contributed by atoms with Crippen LogP contribution in [-0.4, -0.2) is 43.3 Å². The van der Waals surface area contributed by atoms with Crippen LogP contribution in [0.3, 0.4) is 0 Å². The van der Waals surface area contributed by atoms with Crippen molar-refractivity contribution in [2.45, 2.75) is 82.6 Å². The Morgan fingerprint density at radius 2 is 2.07 bits per heavy atom. The van der Waals surface area contributed by atoms with E-state index in [-0.39, 0.29) is 11.7 Å². The lowest BCUT2D eigenvalue weighted by Gasteiger charge is -2.34. The van der Waals surface area contributed by atoms with Crippen molar-refractivity contribution in [2.24, 2.45) is 5.16 Å². The third-order valence-corrected chi connectivity index (χ3v) is 6.43. The fourth-order valence-electron chi connectivity index (χ4n) is 4.56. The highest BCUT2D eigenvalue weighted by atomic mass is 16.7. The number of rotatable bonds is 4. The Morgan fingerprint density at radius 1 is 1.26 bits per heavy atom. The van der Waals surface area contributed by atoms with Crippen LogP contribution >= 0.6 is 0 Å². The predicted molar refractivity (Wildman–Crippen MR) is 104 cm³/mol. The molecule has 0 atom stereocenters. The van der Waals surface area contributed by atoms with Crippen LogP contribution in [0, 0.1) is 0 Å². The van der Waals surface area contributed by atoms with Gasteiger partial charge in [0.2, 0.25) is 0 Å². The van der Waals surface area contributed by atoms with Crippen LogP contribution in [0.5, 0.6) is 0 Å². The topological polar surface area (TPSA) is 84.6 Å². The van der Waals surface area contributed by atoms with Crippen molar-refractivity contribution in [3.63, 3.8) is 0 Å². The van der Waals surface area contributed by atoms with E-state index in [4.69, 9.17) is 9.82 Å². The first kappa shape index (κ1) is 17.0. The summed E-state index contributed by atoms with van der Waals surface area (Å²) in [5.41, 5.74) is 3.93. The summed E-state index contributed by atoms with van der Waals surface area (Å²) in [6, 6.07) is 0.350. The Kier molecular flexibility index (Phi) is 4.07. The minimum absolute atomic E-state index is 0.0654. The molecule has 0 amide bonds. The fraction of sp³-hybridized carbons (Fsp3) is 0.650. The number of aliphatic hydroxyl groups is 1. The molecule has 3 heterocycles. The maximum atomic E-state index is 9.83. The van der Waals surface area contributed by atoms with Crippen molar-refractivity contribution < 1.29 is 9.94 Å². The second kappa shape index (κ2) is 6.48. The van der Waals surface area contributed by atoms with Crippen LogP contribution in [0.15, 0.2) is 17.5 Å². The summed E-state index contributed by atoms with van der Waals surface area (Å²) in [5.74, 6) is 0. The fourth-order valence-corrected chi connectivity index (χ4v) is 4.56. The zero-order chi connectivity index (χ0) is 18.4. The average Bonchev–Trinajstić information content (AvgIpc) is 3.28. The molecule has 3 aliphatic rings. The second-order valence-corrected chi connectivity index (χ2v) is 8.24. The molecule has 2 N–H and O–H groups in total. The van der Waals surface area contributed by atoms with Crippen LogP contribution in [0.1, 0.15) is 63.9 Å². The van der Waals surface area contributed by atoms with Gasteiger partial charge in [-0.2, -0.15) is 5.10 Å². The first-order chi connectivity index (χ1) is 13.2. The largest absolute Gasteiger partial charge is 0.393 e. The number of anilines is 1. The van der Waals surface area contributed by atoms with Crippen LogP contribution in [-0.2, 0) is 11.4 Å². The van der Waals surface area contributed by atoms with Crippen molar-refractivity contribution in [2.75, 3.05) is 5.32 Å². The van der Waals surface area contributed by atoms with E-state index in [0.29, 0.717) is 6.04 Å². The summed E-state index contributed by atoms with van der Waals surface area (Å²) in [5, 5.41) is 23.6. The molecule has 1 spiro atoms. The first-order valence-electron chi connectivity index (χ1n) is 10.2. The molecule has 2 aromatic rings. The van der Waals surface area contributed by atoms with Crippen molar-refractivity contribution >= 4 is 22.4 Å². The number of hydrogen-bond donors (Lipinski definition) is 2. The standard InChI is InChI=1S/C20H27N5O2/c1-2-25-19-16(12-22-25)18(23-13-4-6-14(26)7-5-13)15(11-21-19)17-10-20(27-24-17)8-3-9-20/h11-14,26H,2-10H2,1H3,(H,21,23). The SMILES string of the molecule is CCn1ncc2c(NC3CCC(O)CC3)c(C3=NOC4(CCC4)C3)cnc21. The highest BCUT2D eigenvalue weighted by molar-refractivity contribution is 6.10. The Hall–Kier alpha value is -2.15. The number of aryl methyl sites for hydroxylation is 1. The summed E-state index contributed by atoms with van der Waals surface area (Å²) >= 11 is 0. The molecular weight excluding hydrogens is 342 g/mol. The highest BCUT2D eigenvalue weighted by Gasteiger charge is 2.45. The number of nitrogens with one attached hydrogen (secondary N) is 1. The quantitative estimate of drug-likeness (QED) is 0.864. The number of hydrogen-bond acceptors (Lipinski definition) is 6.